The van der Waals surface area contributed by atoms with Crippen LogP contribution in [0.4, 0.5) is 0 Å². The molecule has 2 heteroatoms. The first-order chi connectivity index (χ1) is 9.83. The van der Waals surface area contributed by atoms with E-state index in [1.165, 1.54) is 35.9 Å². The van der Waals surface area contributed by atoms with E-state index in [4.69, 9.17) is 4.42 Å². The average molecular weight is 368 g/mol. The molecule has 0 aliphatic carbocycles. The largest absolute Gasteiger partial charge is 0.456 e. The van der Waals surface area contributed by atoms with E-state index in [0.29, 0.717) is 0 Å². The smallest absolute Gasteiger partial charge is 0.136 e. The van der Waals surface area contributed by atoms with E-state index in [1.807, 2.05) is 0 Å². The monoisotopic (exact) mass is 368 g/mol. The van der Waals surface area contributed by atoms with Crippen molar-refractivity contribution in [3.05, 3.63) is 58.2 Å². The zero-order chi connectivity index (χ0) is 13.3. The van der Waals surface area contributed by atoms with Gasteiger partial charge in [0.05, 0.1) is 0 Å². The van der Waals surface area contributed by atoms with Gasteiger partial charge in [-0.15, -0.1) is 0 Å². The predicted molar refractivity (Wildman–Crippen MR) is 92.6 cm³/mol. The van der Waals surface area contributed by atoms with Gasteiger partial charge in [-0.3, -0.25) is 0 Å². The van der Waals surface area contributed by atoms with Crippen LogP contribution in [0.25, 0.3) is 43.5 Å². The molecule has 0 amide bonds. The van der Waals surface area contributed by atoms with Crippen molar-refractivity contribution in [2.45, 2.75) is 0 Å². The standard InChI is InChI=1S/C18H9IO/c19-13-8-11-5-3-7-14-16(11)18-15(20-14)9-10-4-1-2-6-12(10)17(13)18/h1-9H. The van der Waals surface area contributed by atoms with Gasteiger partial charge in [0.15, 0.2) is 0 Å². The van der Waals surface area contributed by atoms with Crippen LogP contribution < -0.4 is 0 Å². The van der Waals surface area contributed by atoms with E-state index >= 15 is 0 Å². The molecule has 0 saturated heterocycles. The second-order valence-corrected chi connectivity index (χ2v) is 6.32. The summed E-state index contributed by atoms with van der Waals surface area (Å²) in [6, 6.07) is 19.2. The molecule has 0 unspecified atom stereocenters. The molecule has 0 aliphatic rings. The average Bonchev–Trinajstić information content (AvgIpc) is 2.83. The molecule has 94 valence electrons. The van der Waals surface area contributed by atoms with Crippen LogP contribution in [-0.2, 0) is 0 Å². The van der Waals surface area contributed by atoms with Crippen molar-refractivity contribution in [3.8, 4) is 0 Å². The third kappa shape index (κ3) is 1.23. The van der Waals surface area contributed by atoms with Gasteiger partial charge in [0.1, 0.15) is 11.2 Å². The lowest BCUT2D eigenvalue weighted by atomic mass is 9.97. The van der Waals surface area contributed by atoms with Crippen LogP contribution in [0.2, 0.25) is 0 Å². The highest BCUT2D eigenvalue weighted by atomic mass is 127. The van der Waals surface area contributed by atoms with Crippen molar-refractivity contribution in [2.75, 3.05) is 0 Å². The summed E-state index contributed by atoms with van der Waals surface area (Å²) in [6.07, 6.45) is 0. The van der Waals surface area contributed by atoms with Crippen LogP contribution in [0.15, 0.2) is 59.0 Å². The van der Waals surface area contributed by atoms with Crippen molar-refractivity contribution in [3.63, 3.8) is 0 Å². The zero-order valence-electron chi connectivity index (χ0n) is 10.5. The number of benzene rings is 4. The van der Waals surface area contributed by atoms with E-state index in [2.05, 4.69) is 77.2 Å². The Morgan fingerprint density at radius 3 is 2.50 bits per heavy atom. The van der Waals surface area contributed by atoms with Crippen molar-refractivity contribution in [1.82, 2.24) is 0 Å². The molecule has 5 aromatic rings. The van der Waals surface area contributed by atoms with Crippen molar-refractivity contribution >= 4 is 66.1 Å². The van der Waals surface area contributed by atoms with Crippen molar-refractivity contribution in [1.29, 1.82) is 0 Å². The highest BCUT2D eigenvalue weighted by Crippen LogP contribution is 2.42. The number of furan rings is 1. The first kappa shape index (κ1) is 10.9. The third-order valence-corrected chi connectivity index (χ3v) is 4.91. The molecule has 0 fully saturated rings. The molecule has 1 heterocycles. The lowest BCUT2D eigenvalue weighted by molar-refractivity contribution is 0.670. The Hall–Kier alpha value is -1.81. The number of rotatable bonds is 0. The van der Waals surface area contributed by atoms with Crippen molar-refractivity contribution < 1.29 is 4.42 Å². The fraction of sp³-hybridized carbons (Fsp3) is 0. The molecule has 5 rings (SSSR count). The Bertz CT molecular complexity index is 1100. The molecule has 20 heavy (non-hydrogen) atoms. The fourth-order valence-electron chi connectivity index (χ4n) is 3.25. The topological polar surface area (TPSA) is 13.1 Å². The van der Waals surface area contributed by atoms with Crippen LogP contribution in [-0.4, -0.2) is 0 Å². The van der Waals surface area contributed by atoms with Crippen LogP contribution in [0.3, 0.4) is 0 Å². The summed E-state index contributed by atoms with van der Waals surface area (Å²) >= 11 is 2.44. The van der Waals surface area contributed by atoms with Crippen LogP contribution in [0, 0.1) is 3.57 Å². The number of hydrogen-bond acceptors (Lipinski definition) is 1. The van der Waals surface area contributed by atoms with E-state index < -0.39 is 0 Å². The summed E-state index contributed by atoms with van der Waals surface area (Å²) in [6.45, 7) is 0. The van der Waals surface area contributed by atoms with Crippen LogP contribution in [0.1, 0.15) is 0 Å². The highest BCUT2D eigenvalue weighted by Gasteiger charge is 2.17. The fourth-order valence-corrected chi connectivity index (χ4v) is 4.14. The van der Waals surface area contributed by atoms with E-state index in [1.54, 1.807) is 0 Å². The Morgan fingerprint density at radius 1 is 0.700 bits per heavy atom. The van der Waals surface area contributed by atoms with Gasteiger partial charge < -0.3 is 4.42 Å². The molecule has 0 spiro atoms. The molecule has 4 aromatic carbocycles. The second kappa shape index (κ2) is 3.64. The number of fused-ring (bicyclic) bond motifs is 2. The Morgan fingerprint density at radius 2 is 1.55 bits per heavy atom. The maximum atomic E-state index is 6.07. The number of hydrogen-bond donors (Lipinski definition) is 0. The summed E-state index contributed by atoms with van der Waals surface area (Å²) in [7, 11) is 0. The maximum Gasteiger partial charge on any atom is 0.136 e. The van der Waals surface area contributed by atoms with E-state index in [-0.39, 0.29) is 0 Å². The molecule has 0 radical (unpaired) electrons. The quantitative estimate of drug-likeness (QED) is 0.244. The molecular formula is C18H9IO. The summed E-state index contributed by atoms with van der Waals surface area (Å²) in [5.41, 5.74) is 1.97. The lowest BCUT2D eigenvalue weighted by Gasteiger charge is -2.07. The molecular weight excluding hydrogens is 359 g/mol. The molecule has 1 aromatic heterocycles. The van der Waals surface area contributed by atoms with Gasteiger partial charge in [0.2, 0.25) is 0 Å². The minimum Gasteiger partial charge on any atom is -0.456 e. The molecule has 1 nitrogen and oxygen atoms in total. The van der Waals surface area contributed by atoms with E-state index in [9.17, 15) is 0 Å². The molecule has 0 saturated carbocycles. The summed E-state index contributed by atoms with van der Waals surface area (Å²) < 4.78 is 7.36. The molecule has 0 aliphatic heterocycles. The van der Waals surface area contributed by atoms with Crippen LogP contribution in [0.5, 0.6) is 0 Å². The van der Waals surface area contributed by atoms with Gasteiger partial charge in [-0.05, 0) is 56.9 Å². The summed E-state index contributed by atoms with van der Waals surface area (Å²) in [5.74, 6) is 0. The first-order valence-electron chi connectivity index (χ1n) is 6.57. The minimum absolute atomic E-state index is 0.981. The van der Waals surface area contributed by atoms with Gasteiger partial charge in [0, 0.05) is 19.7 Å². The maximum absolute atomic E-state index is 6.07. The van der Waals surface area contributed by atoms with E-state index in [0.717, 1.165) is 11.2 Å². The Labute approximate surface area is 128 Å². The SMILES string of the molecule is Ic1cc2cccc3oc4cc5ccccc5c1c4c23. The zero-order valence-corrected chi connectivity index (χ0v) is 12.6. The molecule has 0 atom stereocenters. The van der Waals surface area contributed by atoms with Gasteiger partial charge in [-0.1, -0.05) is 36.4 Å². The van der Waals surface area contributed by atoms with Crippen LogP contribution >= 0.6 is 22.6 Å². The second-order valence-electron chi connectivity index (χ2n) is 5.16. The summed E-state index contributed by atoms with van der Waals surface area (Å²) in [4.78, 5) is 0. The van der Waals surface area contributed by atoms with Gasteiger partial charge in [0.25, 0.3) is 0 Å². The van der Waals surface area contributed by atoms with Gasteiger partial charge in [-0.25, -0.2) is 0 Å². The minimum atomic E-state index is 0.981. The summed E-state index contributed by atoms with van der Waals surface area (Å²) in [5, 5.41) is 7.63. The van der Waals surface area contributed by atoms with Gasteiger partial charge in [-0.2, -0.15) is 0 Å². The number of halogens is 1. The predicted octanol–water partition coefficient (Wildman–Crippen LogP) is 5.93. The normalized spacial score (nSPS) is 12.2. The Kier molecular flexibility index (Phi) is 1.99. The Balaban J connectivity index is 2.27. The first-order valence-corrected chi connectivity index (χ1v) is 7.65. The highest BCUT2D eigenvalue weighted by molar-refractivity contribution is 14.1. The molecule has 0 bridgehead atoms. The van der Waals surface area contributed by atoms with Crippen molar-refractivity contribution in [2.24, 2.45) is 0 Å². The lowest BCUT2D eigenvalue weighted by Crippen LogP contribution is -1.83. The van der Waals surface area contributed by atoms with Gasteiger partial charge >= 0.3 is 0 Å². The third-order valence-electron chi connectivity index (χ3n) is 4.06. The molecule has 0 N–H and O–H groups in total.